The molecule has 0 radical (unpaired) electrons. The van der Waals surface area contributed by atoms with Crippen molar-refractivity contribution in [3.8, 4) is 0 Å². The lowest BCUT2D eigenvalue weighted by Gasteiger charge is -2.03. The van der Waals surface area contributed by atoms with Crippen LogP contribution in [0.1, 0.15) is 0 Å². The van der Waals surface area contributed by atoms with E-state index in [1.165, 1.54) is 0 Å². The van der Waals surface area contributed by atoms with Crippen LogP contribution in [0.15, 0.2) is 0 Å². The predicted octanol–water partition coefficient (Wildman–Crippen LogP) is 1.17. The van der Waals surface area contributed by atoms with Crippen molar-refractivity contribution >= 4 is 56.6 Å². The summed E-state index contributed by atoms with van der Waals surface area (Å²) >= 11 is 13.3. The molecule has 1 aliphatic heterocycles. The van der Waals surface area contributed by atoms with Crippen LogP contribution in [0, 0.1) is 0 Å². The Morgan fingerprint density at radius 1 is 1.00 bits per heavy atom. The zero-order valence-corrected chi connectivity index (χ0v) is 9.02. The molecule has 0 aromatic heterocycles. The minimum Gasteiger partial charge on any atom is -0.369 e. The highest BCUT2D eigenvalue weighted by Gasteiger charge is 2.03. The smallest absolute Gasteiger partial charge is 0.134 e. The monoisotopic (exact) mass is 224 g/mol. The van der Waals surface area contributed by atoms with Crippen LogP contribution in [0.5, 0.6) is 0 Å². The summed E-state index contributed by atoms with van der Waals surface area (Å²) in [7, 11) is 0. The SMILES string of the molecule is S=C1NCCNC(=S)SCS1. The average Bonchev–Trinajstić information content (AvgIpc) is 2.04. The quantitative estimate of drug-likeness (QED) is 0.599. The standard InChI is InChI=1S/C5H8N2S4/c8-4-6-1-2-7-5(9)11-3-10-4/h1-3H2,(H,6,8)(H,7,9). The minimum atomic E-state index is 0.854. The first kappa shape index (κ1) is 9.57. The lowest BCUT2D eigenvalue weighted by molar-refractivity contribution is 0.834. The molecular formula is C5H8N2S4. The normalized spacial score (nSPS) is 20.7. The zero-order valence-electron chi connectivity index (χ0n) is 5.75. The van der Waals surface area contributed by atoms with E-state index in [0.29, 0.717) is 0 Å². The van der Waals surface area contributed by atoms with Crippen LogP contribution in [0.25, 0.3) is 0 Å². The van der Waals surface area contributed by atoms with Gasteiger partial charge in [0.15, 0.2) is 0 Å². The number of nitrogens with one attached hydrogen (secondary N) is 2. The molecule has 1 heterocycles. The van der Waals surface area contributed by atoms with Crippen LogP contribution >= 0.6 is 48.0 Å². The molecule has 0 aliphatic carbocycles. The highest BCUT2D eigenvalue weighted by atomic mass is 32.2. The van der Waals surface area contributed by atoms with Gasteiger partial charge >= 0.3 is 0 Å². The Labute approximate surface area is 85.3 Å². The van der Waals surface area contributed by atoms with Gasteiger partial charge in [-0.05, 0) is 0 Å². The molecule has 0 unspecified atom stereocenters. The van der Waals surface area contributed by atoms with Crippen molar-refractivity contribution < 1.29 is 0 Å². The molecule has 11 heavy (non-hydrogen) atoms. The minimum absolute atomic E-state index is 0.854. The zero-order chi connectivity index (χ0) is 8.10. The second-order valence-electron chi connectivity index (χ2n) is 1.83. The van der Waals surface area contributed by atoms with Gasteiger partial charge in [0.25, 0.3) is 0 Å². The van der Waals surface area contributed by atoms with Gasteiger partial charge in [0.05, 0.1) is 5.08 Å². The third kappa shape index (κ3) is 4.15. The molecule has 1 saturated heterocycles. The van der Waals surface area contributed by atoms with E-state index in [0.717, 1.165) is 26.8 Å². The maximum absolute atomic E-state index is 5.02. The summed E-state index contributed by atoms with van der Waals surface area (Å²) in [6, 6.07) is 0. The molecule has 0 aromatic rings. The first-order valence-electron chi connectivity index (χ1n) is 3.10. The third-order valence-electron chi connectivity index (χ3n) is 1.04. The summed E-state index contributed by atoms with van der Waals surface area (Å²) in [5.74, 6) is 0. The Kier molecular flexibility index (Phi) is 4.51. The Hall–Kier alpha value is 0.480. The van der Waals surface area contributed by atoms with E-state index in [1.807, 2.05) is 0 Å². The molecule has 0 bridgehead atoms. The van der Waals surface area contributed by atoms with Crippen LogP contribution in [-0.4, -0.2) is 26.8 Å². The van der Waals surface area contributed by atoms with Crippen molar-refractivity contribution in [2.75, 3.05) is 18.2 Å². The molecule has 2 N–H and O–H groups in total. The van der Waals surface area contributed by atoms with Crippen molar-refractivity contribution in [1.82, 2.24) is 10.6 Å². The summed E-state index contributed by atoms with van der Waals surface area (Å²) in [4.78, 5) is 0. The fraction of sp³-hybridized carbons (Fsp3) is 0.600. The van der Waals surface area contributed by atoms with Gasteiger partial charge < -0.3 is 10.6 Å². The Bertz CT molecular complexity index is 152. The fourth-order valence-corrected chi connectivity index (χ4v) is 3.14. The molecule has 1 fully saturated rings. The second-order valence-corrected chi connectivity index (χ2v) is 5.50. The average molecular weight is 224 g/mol. The number of thiocarbonyl (C=S) groups is 2. The van der Waals surface area contributed by atoms with Gasteiger partial charge in [0, 0.05) is 13.1 Å². The summed E-state index contributed by atoms with van der Waals surface area (Å²) in [5.41, 5.74) is 0. The maximum Gasteiger partial charge on any atom is 0.134 e. The van der Waals surface area contributed by atoms with E-state index < -0.39 is 0 Å². The second kappa shape index (κ2) is 5.18. The van der Waals surface area contributed by atoms with Crippen molar-refractivity contribution in [2.45, 2.75) is 0 Å². The molecule has 0 aromatic carbocycles. The van der Waals surface area contributed by atoms with Gasteiger partial charge in [-0.15, -0.1) is 0 Å². The van der Waals surface area contributed by atoms with Crippen molar-refractivity contribution in [3.05, 3.63) is 0 Å². The third-order valence-corrected chi connectivity index (χ3v) is 3.80. The maximum atomic E-state index is 5.02. The topological polar surface area (TPSA) is 24.1 Å². The molecule has 1 rings (SSSR count). The van der Waals surface area contributed by atoms with Gasteiger partial charge in [-0.25, -0.2) is 0 Å². The van der Waals surface area contributed by atoms with Gasteiger partial charge in [0.2, 0.25) is 0 Å². The largest absolute Gasteiger partial charge is 0.369 e. The van der Waals surface area contributed by atoms with E-state index in [4.69, 9.17) is 24.4 Å². The molecule has 1 aliphatic rings. The van der Waals surface area contributed by atoms with Gasteiger partial charge in [0.1, 0.15) is 8.64 Å². The van der Waals surface area contributed by atoms with Crippen molar-refractivity contribution in [3.63, 3.8) is 0 Å². The van der Waals surface area contributed by atoms with E-state index in [1.54, 1.807) is 23.5 Å². The van der Waals surface area contributed by atoms with Crippen LogP contribution in [-0.2, 0) is 0 Å². The Morgan fingerprint density at radius 2 is 1.45 bits per heavy atom. The predicted molar refractivity (Wildman–Crippen MR) is 61.3 cm³/mol. The molecule has 0 spiro atoms. The Balaban J connectivity index is 2.35. The summed E-state index contributed by atoms with van der Waals surface area (Å²) in [5, 5.41) is 7.11. The van der Waals surface area contributed by atoms with Crippen LogP contribution < -0.4 is 10.6 Å². The first-order valence-corrected chi connectivity index (χ1v) is 5.89. The molecule has 0 amide bonds. The van der Waals surface area contributed by atoms with Crippen LogP contribution in [0.3, 0.4) is 0 Å². The van der Waals surface area contributed by atoms with Gasteiger partial charge in [-0.2, -0.15) is 0 Å². The fourth-order valence-electron chi connectivity index (χ4n) is 0.568. The summed E-state index contributed by atoms with van der Waals surface area (Å²) in [6.45, 7) is 1.71. The lowest BCUT2D eigenvalue weighted by Crippen LogP contribution is -2.29. The number of hydrogen-bond donors (Lipinski definition) is 2. The van der Waals surface area contributed by atoms with Crippen molar-refractivity contribution in [1.29, 1.82) is 0 Å². The highest BCUT2D eigenvalue weighted by molar-refractivity contribution is 8.35. The molecule has 62 valence electrons. The number of rotatable bonds is 0. The lowest BCUT2D eigenvalue weighted by atomic mass is 10.6. The first-order chi connectivity index (χ1) is 5.29. The molecule has 6 heteroatoms. The summed E-state index contributed by atoms with van der Waals surface area (Å²) < 4.78 is 1.73. The Morgan fingerprint density at radius 3 is 1.91 bits per heavy atom. The molecule has 2 nitrogen and oxygen atoms in total. The summed E-state index contributed by atoms with van der Waals surface area (Å²) in [6.07, 6.45) is 0. The molecule has 0 saturated carbocycles. The highest BCUT2D eigenvalue weighted by Crippen LogP contribution is 2.14. The van der Waals surface area contributed by atoms with Crippen LogP contribution in [0.4, 0.5) is 0 Å². The van der Waals surface area contributed by atoms with E-state index in [9.17, 15) is 0 Å². The molecular weight excluding hydrogens is 216 g/mol. The van der Waals surface area contributed by atoms with Gasteiger partial charge in [-0.1, -0.05) is 48.0 Å². The van der Waals surface area contributed by atoms with E-state index in [-0.39, 0.29) is 0 Å². The van der Waals surface area contributed by atoms with Crippen LogP contribution in [0.2, 0.25) is 0 Å². The van der Waals surface area contributed by atoms with E-state index in [2.05, 4.69) is 10.6 Å². The number of thioether (sulfide) groups is 2. The molecule has 0 atom stereocenters. The van der Waals surface area contributed by atoms with Crippen molar-refractivity contribution in [2.24, 2.45) is 0 Å². The number of hydrogen-bond acceptors (Lipinski definition) is 4. The van der Waals surface area contributed by atoms with E-state index >= 15 is 0 Å². The van der Waals surface area contributed by atoms with Gasteiger partial charge in [-0.3, -0.25) is 0 Å².